The quantitative estimate of drug-likeness (QED) is 0.374. The Labute approximate surface area is 246 Å². The summed E-state index contributed by atoms with van der Waals surface area (Å²) in [6, 6.07) is 12.3. The number of ether oxygens (including phenoxy) is 3. The minimum Gasteiger partial charge on any atom is -0.490 e. The number of hydrogen-bond acceptors (Lipinski definition) is 6. The molecular formula is C32H39ClN2O4S. The lowest BCUT2D eigenvalue weighted by Crippen LogP contribution is -2.51. The van der Waals surface area contributed by atoms with Crippen LogP contribution in [0.25, 0.3) is 0 Å². The van der Waals surface area contributed by atoms with Crippen molar-refractivity contribution in [2.24, 2.45) is 11.8 Å². The van der Waals surface area contributed by atoms with Crippen LogP contribution in [0, 0.1) is 11.8 Å². The second-order valence-corrected chi connectivity index (χ2v) is 14.2. The summed E-state index contributed by atoms with van der Waals surface area (Å²) in [7, 11) is 0. The molecule has 214 valence electrons. The van der Waals surface area contributed by atoms with Crippen LogP contribution in [0.15, 0.2) is 36.4 Å². The monoisotopic (exact) mass is 582 g/mol. The first-order valence-electron chi connectivity index (χ1n) is 15.0. The predicted octanol–water partition coefficient (Wildman–Crippen LogP) is 6.18. The number of benzene rings is 2. The number of carbonyl (C=O) groups is 1. The number of nitrogens with zero attached hydrogens (tertiary/aromatic N) is 1. The van der Waals surface area contributed by atoms with Crippen LogP contribution < -0.4 is 14.4 Å². The van der Waals surface area contributed by atoms with Gasteiger partial charge in [0.1, 0.15) is 5.75 Å². The zero-order chi connectivity index (χ0) is 27.3. The molecule has 6 atom stereocenters. The fourth-order valence-corrected chi connectivity index (χ4v) is 8.38. The number of amides is 1. The molecule has 1 amide bonds. The zero-order valence-corrected chi connectivity index (χ0v) is 24.8. The van der Waals surface area contributed by atoms with Gasteiger partial charge in [-0.1, -0.05) is 17.7 Å². The minimum atomic E-state index is -0.120. The van der Waals surface area contributed by atoms with E-state index in [1.807, 2.05) is 24.3 Å². The fraction of sp³-hybridized carbons (Fsp3) is 0.594. The number of rotatable bonds is 0. The highest BCUT2D eigenvalue weighted by Crippen LogP contribution is 2.47. The molecule has 0 aromatic heterocycles. The molecule has 2 aliphatic carbocycles. The second kappa shape index (κ2) is 11.0. The van der Waals surface area contributed by atoms with Crippen LogP contribution in [0.5, 0.6) is 5.75 Å². The van der Waals surface area contributed by atoms with Crippen molar-refractivity contribution < 1.29 is 19.0 Å². The van der Waals surface area contributed by atoms with Gasteiger partial charge < -0.3 is 19.1 Å². The summed E-state index contributed by atoms with van der Waals surface area (Å²) in [6.45, 7) is 5.93. The second-order valence-electron chi connectivity index (χ2n) is 12.5. The first kappa shape index (κ1) is 26.9. The predicted molar refractivity (Wildman–Crippen MR) is 160 cm³/mol. The first-order valence-corrected chi connectivity index (χ1v) is 16.2. The van der Waals surface area contributed by atoms with Gasteiger partial charge in [0.25, 0.3) is 5.91 Å². The third kappa shape index (κ3) is 5.12. The minimum absolute atomic E-state index is 0.0732. The third-order valence-electron chi connectivity index (χ3n) is 9.89. The molecule has 0 radical (unpaired) electrons. The van der Waals surface area contributed by atoms with E-state index in [0.29, 0.717) is 30.6 Å². The molecule has 8 heteroatoms. The number of fused-ring (bicyclic) bond motifs is 7. The van der Waals surface area contributed by atoms with E-state index in [1.165, 1.54) is 35.9 Å². The average molecular weight is 583 g/mol. The molecule has 1 spiro atoms. The van der Waals surface area contributed by atoms with E-state index in [1.54, 1.807) is 0 Å². The summed E-state index contributed by atoms with van der Waals surface area (Å²) in [5, 5.41) is 0.962. The molecule has 0 unspecified atom stereocenters. The summed E-state index contributed by atoms with van der Waals surface area (Å²) >= 11 is 7.87. The number of carbonyl (C=O) groups excluding carboxylic acids is 1. The highest BCUT2D eigenvalue weighted by Gasteiger charge is 2.45. The maximum atomic E-state index is 13.3. The van der Waals surface area contributed by atoms with Crippen molar-refractivity contribution in [3.8, 4) is 5.75 Å². The normalized spacial score (nSPS) is 34.0. The lowest BCUT2D eigenvalue weighted by Gasteiger charge is -2.48. The van der Waals surface area contributed by atoms with Crippen LogP contribution in [-0.2, 0) is 21.3 Å². The van der Waals surface area contributed by atoms with E-state index in [-0.39, 0.29) is 28.8 Å². The zero-order valence-electron chi connectivity index (χ0n) is 23.2. The molecular weight excluding hydrogens is 544 g/mol. The van der Waals surface area contributed by atoms with Crippen molar-refractivity contribution in [1.82, 2.24) is 4.72 Å². The van der Waals surface area contributed by atoms with E-state index in [9.17, 15) is 4.79 Å². The fourth-order valence-electron chi connectivity index (χ4n) is 7.61. The highest BCUT2D eigenvalue weighted by atomic mass is 35.5. The van der Waals surface area contributed by atoms with Gasteiger partial charge in [-0.2, -0.15) is 0 Å². The molecule has 2 fully saturated rings. The summed E-state index contributed by atoms with van der Waals surface area (Å²) in [4.78, 5) is 15.8. The van der Waals surface area contributed by atoms with Gasteiger partial charge in [0.05, 0.1) is 31.1 Å². The lowest BCUT2D eigenvalue weighted by molar-refractivity contribution is -0.116. The van der Waals surface area contributed by atoms with Crippen LogP contribution >= 0.6 is 23.5 Å². The lowest BCUT2D eigenvalue weighted by atomic mass is 9.67. The van der Waals surface area contributed by atoms with Crippen molar-refractivity contribution in [2.75, 3.05) is 37.8 Å². The number of aryl methyl sites for hydroxylation is 1. The Balaban J connectivity index is 1.26. The van der Waals surface area contributed by atoms with E-state index in [4.69, 9.17) is 25.8 Å². The molecule has 1 saturated heterocycles. The summed E-state index contributed by atoms with van der Waals surface area (Å²) in [5.41, 5.74) is 4.29. The molecule has 2 aromatic carbocycles. The Morgan fingerprint density at radius 3 is 2.92 bits per heavy atom. The van der Waals surface area contributed by atoms with Crippen molar-refractivity contribution in [3.05, 3.63) is 58.1 Å². The van der Waals surface area contributed by atoms with Crippen LogP contribution in [0.4, 0.5) is 5.69 Å². The Morgan fingerprint density at radius 1 is 1.12 bits per heavy atom. The van der Waals surface area contributed by atoms with Gasteiger partial charge >= 0.3 is 0 Å². The Hall–Kier alpha value is -1.93. The van der Waals surface area contributed by atoms with E-state index in [2.05, 4.69) is 28.7 Å². The topological polar surface area (TPSA) is 60.0 Å². The number of halogens is 1. The largest absolute Gasteiger partial charge is 0.490 e. The average Bonchev–Trinajstić information content (AvgIpc) is 3.09. The molecule has 7 rings (SSSR count). The molecule has 3 aliphatic heterocycles. The first-order chi connectivity index (χ1) is 19.5. The summed E-state index contributed by atoms with van der Waals surface area (Å²) in [6.07, 6.45) is 8.06. The van der Waals surface area contributed by atoms with E-state index >= 15 is 0 Å². The molecule has 1 N–H and O–H groups in total. The Morgan fingerprint density at radius 2 is 2.05 bits per heavy atom. The van der Waals surface area contributed by atoms with Gasteiger partial charge in [0.2, 0.25) is 0 Å². The van der Waals surface area contributed by atoms with Gasteiger partial charge in [-0.3, -0.25) is 9.52 Å². The van der Waals surface area contributed by atoms with Gasteiger partial charge in [0.15, 0.2) is 0 Å². The molecule has 2 aromatic rings. The summed E-state index contributed by atoms with van der Waals surface area (Å²) < 4.78 is 22.4. The summed E-state index contributed by atoms with van der Waals surface area (Å²) in [5.74, 6) is 1.88. The number of hydrogen-bond donors (Lipinski definition) is 1. The Bertz CT molecular complexity index is 1280. The maximum Gasteiger partial charge on any atom is 0.261 e. The SMILES string of the molecule is C[C@H]1CO[C@H]2CCO[C@H](C2)[C@@H]2CC[C@H]2CN2C[C@@]3(CCCc4cc(Cl)ccc43)COc3ccc(cc32)C(=O)NS1. The van der Waals surface area contributed by atoms with Gasteiger partial charge in [-0.25, -0.2) is 0 Å². The van der Waals surface area contributed by atoms with E-state index in [0.717, 1.165) is 68.3 Å². The number of anilines is 1. The van der Waals surface area contributed by atoms with Crippen LogP contribution in [0.3, 0.4) is 0 Å². The molecule has 6 nitrogen and oxygen atoms in total. The molecule has 40 heavy (non-hydrogen) atoms. The van der Waals surface area contributed by atoms with Gasteiger partial charge in [0, 0.05) is 47.4 Å². The maximum absolute atomic E-state index is 13.3. The highest BCUT2D eigenvalue weighted by molar-refractivity contribution is 7.98. The standard InChI is InChI=1S/C32H39ClN2O4S/c1-20-17-38-25-10-12-37-30(15-25)26-7-4-23(26)16-35-18-32(11-2-3-21-13-24(33)6-8-27(21)32)19-39-29-9-5-22(14-28(29)35)31(36)34-40-20/h5-6,8-9,13-14,20,23,25-26,30H,2-4,7,10-12,15-19H2,1H3,(H,34,36)/t20-,23-,25-,26+,30+,32-/m0/s1. The van der Waals surface area contributed by atoms with Crippen LogP contribution in [-0.4, -0.2) is 56.3 Å². The van der Waals surface area contributed by atoms with Crippen LogP contribution in [0.2, 0.25) is 5.02 Å². The molecule has 1 saturated carbocycles. The van der Waals surface area contributed by atoms with Gasteiger partial charge in [-0.15, -0.1) is 0 Å². The third-order valence-corrected chi connectivity index (χ3v) is 11.0. The molecule has 3 heterocycles. The van der Waals surface area contributed by atoms with Crippen molar-refractivity contribution in [1.29, 1.82) is 0 Å². The smallest absolute Gasteiger partial charge is 0.261 e. The van der Waals surface area contributed by atoms with E-state index < -0.39 is 0 Å². The van der Waals surface area contributed by atoms with Crippen LogP contribution in [0.1, 0.15) is 66.9 Å². The van der Waals surface area contributed by atoms with Crippen molar-refractivity contribution in [2.45, 2.75) is 74.7 Å². The van der Waals surface area contributed by atoms with Crippen molar-refractivity contribution in [3.63, 3.8) is 0 Å². The van der Waals surface area contributed by atoms with Gasteiger partial charge in [-0.05, 0) is 111 Å². The molecule has 5 aliphatic rings. The molecule has 4 bridgehead atoms. The van der Waals surface area contributed by atoms with Crippen molar-refractivity contribution >= 4 is 35.1 Å². The Kier molecular flexibility index (Phi) is 7.44. The number of nitrogens with one attached hydrogen (secondary N) is 1.